The fourth-order valence-electron chi connectivity index (χ4n) is 1.93. The summed E-state index contributed by atoms with van der Waals surface area (Å²) >= 11 is 5.01. The van der Waals surface area contributed by atoms with Gasteiger partial charge in [-0.3, -0.25) is 0 Å². The van der Waals surface area contributed by atoms with Crippen molar-refractivity contribution in [2.24, 2.45) is 0 Å². The van der Waals surface area contributed by atoms with Gasteiger partial charge in [-0.2, -0.15) is 0 Å². The first-order chi connectivity index (χ1) is 9.17. The Morgan fingerprint density at radius 3 is 2.74 bits per heavy atom. The van der Waals surface area contributed by atoms with Crippen molar-refractivity contribution in [1.82, 2.24) is 0 Å². The van der Waals surface area contributed by atoms with Crippen LogP contribution in [0.2, 0.25) is 0 Å². The van der Waals surface area contributed by atoms with Crippen LogP contribution in [-0.2, 0) is 0 Å². The molecule has 0 N–H and O–H groups in total. The van der Waals surface area contributed by atoms with Gasteiger partial charge in [-0.1, -0.05) is 0 Å². The molecule has 0 radical (unpaired) electrons. The van der Waals surface area contributed by atoms with Gasteiger partial charge < -0.3 is 9.15 Å². The third kappa shape index (κ3) is 2.31. The minimum absolute atomic E-state index is 0.361. The molecule has 0 aliphatic carbocycles. The fourth-order valence-corrected chi connectivity index (χ4v) is 3.35. The average molecular weight is 337 g/mol. The quantitative estimate of drug-likeness (QED) is 0.655. The number of rotatable bonds is 2. The number of thiophene rings is 1. The van der Waals surface area contributed by atoms with Crippen LogP contribution < -0.4 is 10.4 Å². The van der Waals surface area contributed by atoms with E-state index in [9.17, 15) is 4.79 Å². The molecule has 2 aromatic heterocycles. The van der Waals surface area contributed by atoms with E-state index in [1.165, 1.54) is 6.07 Å². The summed E-state index contributed by atoms with van der Waals surface area (Å²) in [6.45, 7) is 0. The second-order valence-electron chi connectivity index (χ2n) is 3.94. The fraction of sp³-hybridized carbons (Fsp3) is 0.0714. The van der Waals surface area contributed by atoms with Crippen LogP contribution in [0, 0.1) is 0 Å². The average Bonchev–Trinajstić information content (AvgIpc) is 2.83. The van der Waals surface area contributed by atoms with E-state index in [2.05, 4.69) is 15.9 Å². The van der Waals surface area contributed by atoms with Gasteiger partial charge in [-0.05, 0) is 40.2 Å². The molecule has 1 aromatic carbocycles. The molecule has 96 valence electrons. The predicted octanol–water partition coefficient (Wildman–Crippen LogP) is 4.29. The van der Waals surface area contributed by atoms with Crippen molar-refractivity contribution in [1.29, 1.82) is 0 Å². The summed E-state index contributed by atoms with van der Waals surface area (Å²) in [4.78, 5) is 12.7. The Hall–Kier alpha value is -1.59. The zero-order valence-electron chi connectivity index (χ0n) is 9.98. The van der Waals surface area contributed by atoms with Gasteiger partial charge in [0.05, 0.1) is 10.9 Å². The first-order valence-electron chi connectivity index (χ1n) is 5.55. The zero-order valence-corrected chi connectivity index (χ0v) is 12.4. The number of halogens is 1. The van der Waals surface area contributed by atoms with E-state index < -0.39 is 0 Å². The summed E-state index contributed by atoms with van der Waals surface area (Å²) in [7, 11) is 1.58. The lowest BCUT2D eigenvalue weighted by Crippen LogP contribution is -1.97. The molecule has 0 saturated heterocycles. The van der Waals surface area contributed by atoms with E-state index in [1.54, 1.807) is 24.5 Å². The Morgan fingerprint density at radius 1 is 1.21 bits per heavy atom. The van der Waals surface area contributed by atoms with E-state index in [-0.39, 0.29) is 5.63 Å². The van der Waals surface area contributed by atoms with Crippen LogP contribution in [0.1, 0.15) is 0 Å². The molecule has 3 nitrogen and oxygen atoms in total. The molecule has 0 atom stereocenters. The normalized spacial score (nSPS) is 10.8. The number of benzene rings is 1. The van der Waals surface area contributed by atoms with Crippen molar-refractivity contribution in [2.45, 2.75) is 0 Å². The van der Waals surface area contributed by atoms with Gasteiger partial charge in [0.15, 0.2) is 0 Å². The van der Waals surface area contributed by atoms with Crippen molar-refractivity contribution < 1.29 is 9.15 Å². The second-order valence-corrected chi connectivity index (χ2v) is 6.41. The monoisotopic (exact) mass is 336 g/mol. The first-order valence-corrected chi connectivity index (χ1v) is 7.16. The molecule has 0 aliphatic heterocycles. The highest BCUT2D eigenvalue weighted by Gasteiger charge is 2.10. The minimum atomic E-state index is -0.361. The Morgan fingerprint density at radius 2 is 2.05 bits per heavy atom. The molecule has 19 heavy (non-hydrogen) atoms. The molecule has 0 saturated carbocycles. The molecule has 0 unspecified atom stereocenters. The Labute approximate surface area is 121 Å². The maximum absolute atomic E-state index is 11.7. The molecule has 5 heteroatoms. The van der Waals surface area contributed by atoms with E-state index in [4.69, 9.17) is 9.15 Å². The summed E-state index contributed by atoms with van der Waals surface area (Å²) in [5.74, 6) is 0.667. The molecular weight excluding hydrogens is 328 g/mol. The molecule has 3 rings (SSSR count). The second kappa shape index (κ2) is 4.83. The number of fused-ring (bicyclic) bond motifs is 1. The summed E-state index contributed by atoms with van der Waals surface area (Å²) in [6, 6.07) is 10.9. The lowest BCUT2D eigenvalue weighted by Gasteiger charge is -2.05. The van der Waals surface area contributed by atoms with Crippen molar-refractivity contribution in [2.75, 3.05) is 7.11 Å². The van der Waals surface area contributed by atoms with Crippen LogP contribution in [0.3, 0.4) is 0 Å². The van der Waals surface area contributed by atoms with Crippen LogP contribution in [0.4, 0.5) is 0 Å². The molecule has 0 amide bonds. The van der Waals surface area contributed by atoms with Crippen LogP contribution >= 0.6 is 27.3 Å². The molecule has 0 aliphatic rings. The van der Waals surface area contributed by atoms with Gasteiger partial charge in [0.1, 0.15) is 11.3 Å². The van der Waals surface area contributed by atoms with Crippen molar-refractivity contribution in [3.05, 3.63) is 50.6 Å². The molecule has 0 bridgehead atoms. The van der Waals surface area contributed by atoms with E-state index >= 15 is 0 Å². The molecule has 2 heterocycles. The lowest BCUT2D eigenvalue weighted by atomic mass is 10.1. The Bertz CT molecular complexity index is 804. The largest absolute Gasteiger partial charge is 0.497 e. The van der Waals surface area contributed by atoms with Gasteiger partial charge in [-0.15, -0.1) is 11.3 Å². The maximum Gasteiger partial charge on any atom is 0.336 e. The number of ether oxygens (including phenoxy) is 1. The summed E-state index contributed by atoms with van der Waals surface area (Å²) < 4.78 is 11.4. The third-order valence-electron chi connectivity index (χ3n) is 2.79. The Kier molecular flexibility index (Phi) is 3.16. The van der Waals surface area contributed by atoms with Crippen molar-refractivity contribution in [3.63, 3.8) is 0 Å². The predicted molar refractivity (Wildman–Crippen MR) is 80.0 cm³/mol. The molecule has 0 fully saturated rings. The highest BCUT2D eigenvalue weighted by Crippen LogP contribution is 2.35. The molecule has 0 spiro atoms. The molecular formula is C14H9BrO3S. The van der Waals surface area contributed by atoms with E-state index in [0.29, 0.717) is 11.3 Å². The number of hydrogen-bond donors (Lipinski definition) is 0. The van der Waals surface area contributed by atoms with Crippen LogP contribution in [0.5, 0.6) is 5.75 Å². The third-order valence-corrected chi connectivity index (χ3v) is 4.45. The minimum Gasteiger partial charge on any atom is -0.497 e. The van der Waals surface area contributed by atoms with E-state index in [0.717, 1.165) is 19.6 Å². The molecule has 3 aromatic rings. The van der Waals surface area contributed by atoms with Gasteiger partial charge in [0.25, 0.3) is 0 Å². The summed E-state index contributed by atoms with van der Waals surface area (Å²) in [6.07, 6.45) is 0. The maximum atomic E-state index is 11.7. The van der Waals surface area contributed by atoms with Gasteiger partial charge in [0.2, 0.25) is 0 Å². The lowest BCUT2D eigenvalue weighted by molar-refractivity contribution is 0.414. The van der Waals surface area contributed by atoms with Crippen LogP contribution in [0.15, 0.2) is 49.4 Å². The van der Waals surface area contributed by atoms with E-state index in [1.807, 2.05) is 24.3 Å². The van der Waals surface area contributed by atoms with Gasteiger partial charge in [0, 0.05) is 28.0 Å². The van der Waals surface area contributed by atoms with Crippen LogP contribution in [0.25, 0.3) is 21.4 Å². The smallest absolute Gasteiger partial charge is 0.336 e. The van der Waals surface area contributed by atoms with Gasteiger partial charge >= 0.3 is 5.63 Å². The highest BCUT2D eigenvalue weighted by atomic mass is 79.9. The number of hydrogen-bond acceptors (Lipinski definition) is 4. The van der Waals surface area contributed by atoms with Crippen molar-refractivity contribution >= 4 is 38.2 Å². The first kappa shape index (κ1) is 12.4. The topological polar surface area (TPSA) is 39.4 Å². The van der Waals surface area contributed by atoms with Crippen LogP contribution in [-0.4, -0.2) is 7.11 Å². The summed E-state index contributed by atoms with van der Waals surface area (Å²) in [5, 5.41) is 0.898. The number of methoxy groups -OCH3 is 1. The Balaban J connectivity index is 2.32. The van der Waals surface area contributed by atoms with Crippen molar-refractivity contribution in [3.8, 4) is 16.2 Å². The highest BCUT2D eigenvalue weighted by molar-refractivity contribution is 9.11. The standard InChI is InChI=1S/C14H9BrO3S/c1-17-8-2-3-9-10(12-4-5-13(15)19-12)7-14(16)18-11(9)6-8/h2-7H,1H3. The van der Waals surface area contributed by atoms with Gasteiger partial charge in [-0.25, -0.2) is 4.79 Å². The zero-order chi connectivity index (χ0) is 13.4. The SMILES string of the molecule is COc1ccc2c(-c3ccc(Br)s3)cc(=O)oc2c1. The summed E-state index contributed by atoms with van der Waals surface area (Å²) in [5.41, 5.74) is 1.05.